The molecule has 1 saturated carbocycles. The molecule has 1 aliphatic rings. The van der Waals surface area contributed by atoms with Crippen LogP contribution >= 0.6 is 22.6 Å². The summed E-state index contributed by atoms with van der Waals surface area (Å²) in [5.74, 6) is 0. The Labute approximate surface area is 111 Å². The number of methoxy groups -OCH3 is 1. The number of nitrogens with zero attached hydrogens (tertiary/aromatic N) is 2. The Hall–Kier alpha value is -0.100. The van der Waals surface area contributed by atoms with E-state index in [1.807, 2.05) is 13.3 Å². The summed E-state index contributed by atoms with van der Waals surface area (Å²) >= 11 is 2.33. The van der Waals surface area contributed by atoms with Crippen molar-refractivity contribution in [3.8, 4) is 0 Å². The number of halogens is 1. The minimum atomic E-state index is 0.0259. The van der Waals surface area contributed by atoms with Crippen molar-refractivity contribution in [2.24, 2.45) is 0 Å². The van der Waals surface area contributed by atoms with E-state index in [9.17, 15) is 0 Å². The van der Waals surface area contributed by atoms with Gasteiger partial charge in [0.2, 0.25) is 0 Å². The van der Waals surface area contributed by atoms with Gasteiger partial charge in [-0.3, -0.25) is 4.68 Å². The Morgan fingerprint density at radius 2 is 2.12 bits per heavy atom. The lowest BCUT2D eigenvalue weighted by atomic mass is 9.84. The summed E-state index contributed by atoms with van der Waals surface area (Å²) in [6.45, 7) is 3.03. The van der Waals surface area contributed by atoms with E-state index in [0.717, 1.165) is 6.54 Å². The van der Waals surface area contributed by atoms with E-state index in [-0.39, 0.29) is 5.60 Å². The van der Waals surface area contributed by atoms with Crippen LogP contribution in [0.3, 0.4) is 0 Å². The van der Waals surface area contributed by atoms with Gasteiger partial charge in [-0.25, -0.2) is 0 Å². The third-order valence-corrected chi connectivity index (χ3v) is 4.74. The topological polar surface area (TPSA) is 27.1 Å². The molecule has 1 aromatic heterocycles. The van der Waals surface area contributed by atoms with Crippen molar-refractivity contribution >= 4 is 22.6 Å². The standard InChI is InChI=1S/C12H19IN2O/c1-10-11(13)8-14-15(10)9-12(16-2)6-4-3-5-7-12/h8H,3-7,9H2,1-2H3. The molecule has 0 aromatic carbocycles. The van der Waals surface area contributed by atoms with Crippen molar-refractivity contribution < 1.29 is 4.74 Å². The number of hydrogen-bond donors (Lipinski definition) is 0. The molecule has 0 atom stereocenters. The van der Waals surface area contributed by atoms with Crippen molar-refractivity contribution in [3.63, 3.8) is 0 Å². The van der Waals surface area contributed by atoms with Gasteiger partial charge in [-0.1, -0.05) is 19.3 Å². The molecule has 2 rings (SSSR count). The lowest BCUT2D eigenvalue weighted by molar-refractivity contribution is -0.0544. The van der Waals surface area contributed by atoms with Crippen molar-refractivity contribution in [2.45, 2.75) is 51.2 Å². The summed E-state index contributed by atoms with van der Waals surface area (Å²) in [6.07, 6.45) is 8.18. The van der Waals surface area contributed by atoms with E-state index in [2.05, 4.69) is 39.3 Å². The molecule has 0 amide bonds. The summed E-state index contributed by atoms with van der Waals surface area (Å²) in [6, 6.07) is 0. The van der Waals surface area contributed by atoms with Gasteiger partial charge >= 0.3 is 0 Å². The Bertz CT molecular complexity index is 356. The van der Waals surface area contributed by atoms with Crippen LogP contribution in [-0.4, -0.2) is 22.5 Å². The zero-order valence-corrected chi connectivity index (χ0v) is 12.2. The van der Waals surface area contributed by atoms with Crippen LogP contribution in [0.2, 0.25) is 0 Å². The van der Waals surface area contributed by atoms with Crippen molar-refractivity contribution in [3.05, 3.63) is 15.5 Å². The third-order valence-electron chi connectivity index (χ3n) is 3.68. The normalized spacial score (nSPS) is 19.9. The van der Waals surface area contributed by atoms with Crippen molar-refractivity contribution in [1.82, 2.24) is 9.78 Å². The van der Waals surface area contributed by atoms with Gasteiger partial charge in [0.05, 0.1) is 21.9 Å². The fourth-order valence-corrected chi connectivity index (χ4v) is 2.88. The molecule has 1 aromatic rings. The van der Waals surface area contributed by atoms with Gasteiger partial charge < -0.3 is 4.74 Å². The zero-order chi connectivity index (χ0) is 11.6. The summed E-state index contributed by atoms with van der Waals surface area (Å²) in [5, 5.41) is 4.43. The quantitative estimate of drug-likeness (QED) is 0.794. The molecule has 0 aliphatic heterocycles. The minimum Gasteiger partial charge on any atom is -0.376 e. The first-order chi connectivity index (χ1) is 7.67. The van der Waals surface area contributed by atoms with Crippen LogP contribution in [0.15, 0.2) is 6.20 Å². The molecule has 0 radical (unpaired) electrons. The molecule has 3 nitrogen and oxygen atoms in total. The molecule has 0 N–H and O–H groups in total. The van der Waals surface area contributed by atoms with Gasteiger partial charge in [0.1, 0.15) is 0 Å². The highest BCUT2D eigenvalue weighted by Gasteiger charge is 2.33. The van der Waals surface area contributed by atoms with Gasteiger partial charge in [0, 0.05) is 12.8 Å². The maximum absolute atomic E-state index is 5.78. The molecule has 0 spiro atoms. The van der Waals surface area contributed by atoms with E-state index >= 15 is 0 Å². The summed E-state index contributed by atoms with van der Waals surface area (Å²) < 4.78 is 9.11. The minimum absolute atomic E-state index is 0.0259. The predicted octanol–water partition coefficient (Wildman–Crippen LogP) is 3.15. The summed E-state index contributed by atoms with van der Waals surface area (Å²) in [7, 11) is 1.84. The third kappa shape index (κ3) is 2.42. The Kier molecular flexibility index (Phi) is 3.89. The second-order valence-corrected chi connectivity index (χ2v) is 5.85. The molecule has 0 saturated heterocycles. The maximum Gasteiger partial charge on any atom is 0.0873 e. The first kappa shape index (κ1) is 12.4. The van der Waals surface area contributed by atoms with Crippen LogP contribution < -0.4 is 0 Å². The van der Waals surface area contributed by atoms with Crippen LogP contribution in [0.1, 0.15) is 37.8 Å². The second-order valence-electron chi connectivity index (χ2n) is 4.68. The fourth-order valence-electron chi connectivity index (χ4n) is 2.48. The van der Waals surface area contributed by atoms with E-state index in [1.54, 1.807) is 0 Å². The Morgan fingerprint density at radius 1 is 1.44 bits per heavy atom. The first-order valence-corrected chi connectivity index (χ1v) is 6.98. The summed E-state index contributed by atoms with van der Waals surface area (Å²) in [5.41, 5.74) is 1.28. The number of ether oxygens (including phenoxy) is 1. The number of aromatic nitrogens is 2. The van der Waals surface area contributed by atoms with Gasteiger partial charge in [-0.15, -0.1) is 0 Å². The molecule has 1 aliphatic carbocycles. The van der Waals surface area contributed by atoms with E-state index < -0.39 is 0 Å². The number of hydrogen-bond acceptors (Lipinski definition) is 2. The Balaban J connectivity index is 2.14. The summed E-state index contributed by atoms with van der Waals surface area (Å²) in [4.78, 5) is 0. The zero-order valence-electron chi connectivity index (χ0n) is 10.0. The molecule has 4 heteroatoms. The smallest absolute Gasteiger partial charge is 0.0873 e. The van der Waals surface area contributed by atoms with E-state index in [4.69, 9.17) is 4.74 Å². The predicted molar refractivity (Wildman–Crippen MR) is 72.5 cm³/mol. The average molecular weight is 334 g/mol. The van der Waals surface area contributed by atoms with Crippen LogP contribution in [0.25, 0.3) is 0 Å². The largest absolute Gasteiger partial charge is 0.376 e. The second kappa shape index (κ2) is 5.04. The lowest BCUT2D eigenvalue weighted by Crippen LogP contribution is -2.39. The van der Waals surface area contributed by atoms with Crippen LogP contribution in [0, 0.1) is 10.5 Å². The SMILES string of the molecule is COC1(Cn2ncc(I)c2C)CCCCC1. The maximum atomic E-state index is 5.78. The van der Waals surface area contributed by atoms with Crippen LogP contribution in [0.5, 0.6) is 0 Å². The number of rotatable bonds is 3. The van der Waals surface area contributed by atoms with E-state index in [1.165, 1.54) is 41.4 Å². The molecular formula is C12H19IN2O. The van der Waals surface area contributed by atoms with Crippen molar-refractivity contribution in [2.75, 3.05) is 7.11 Å². The van der Waals surface area contributed by atoms with Gasteiger partial charge in [0.25, 0.3) is 0 Å². The van der Waals surface area contributed by atoms with E-state index in [0.29, 0.717) is 0 Å². The average Bonchev–Trinajstić information content (AvgIpc) is 2.62. The Morgan fingerprint density at radius 3 is 2.62 bits per heavy atom. The van der Waals surface area contributed by atoms with Gasteiger partial charge in [-0.05, 0) is 42.4 Å². The first-order valence-electron chi connectivity index (χ1n) is 5.90. The molecular weight excluding hydrogens is 315 g/mol. The lowest BCUT2D eigenvalue weighted by Gasteiger charge is -2.36. The molecule has 0 unspecified atom stereocenters. The fraction of sp³-hybridized carbons (Fsp3) is 0.750. The molecule has 0 bridgehead atoms. The molecule has 16 heavy (non-hydrogen) atoms. The monoisotopic (exact) mass is 334 g/mol. The highest BCUT2D eigenvalue weighted by molar-refractivity contribution is 14.1. The van der Waals surface area contributed by atoms with Crippen molar-refractivity contribution in [1.29, 1.82) is 0 Å². The highest BCUT2D eigenvalue weighted by Crippen LogP contribution is 2.32. The highest BCUT2D eigenvalue weighted by atomic mass is 127. The molecule has 90 valence electrons. The van der Waals surface area contributed by atoms with Gasteiger partial charge in [0.15, 0.2) is 0 Å². The van der Waals surface area contributed by atoms with Gasteiger partial charge in [-0.2, -0.15) is 5.10 Å². The molecule has 1 heterocycles. The van der Waals surface area contributed by atoms with Crippen LogP contribution in [0.4, 0.5) is 0 Å². The molecule has 1 fully saturated rings. The van der Waals surface area contributed by atoms with Crippen LogP contribution in [-0.2, 0) is 11.3 Å².